The van der Waals surface area contributed by atoms with Crippen LogP contribution in [0.15, 0.2) is 28.7 Å². The summed E-state index contributed by atoms with van der Waals surface area (Å²) in [6.07, 6.45) is 4.18. The van der Waals surface area contributed by atoms with Gasteiger partial charge in [0.05, 0.1) is 0 Å². The summed E-state index contributed by atoms with van der Waals surface area (Å²) in [5.41, 5.74) is 1.22. The van der Waals surface area contributed by atoms with Gasteiger partial charge in [0.2, 0.25) is 5.91 Å². The van der Waals surface area contributed by atoms with Crippen molar-refractivity contribution in [3.63, 3.8) is 0 Å². The first-order chi connectivity index (χ1) is 11.0. The van der Waals surface area contributed by atoms with Crippen LogP contribution in [-0.2, 0) is 11.2 Å². The topological polar surface area (TPSA) is 41.1 Å². The maximum Gasteiger partial charge on any atom is 0.223 e. The van der Waals surface area contributed by atoms with E-state index in [-0.39, 0.29) is 11.8 Å². The Balaban J connectivity index is 1.91. The zero-order valence-electron chi connectivity index (χ0n) is 14.3. The standard InChI is InChI=1S/C19H29BrN2O/c1-14(2)9-17(10-15-5-3-7-18(20)11-15)19(23)22-13-16-6-4-8-21-12-16/h3,5,7,11,14,16-17,21H,4,6,8-10,12-13H2,1-2H3,(H,22,23). The third-order valence-electron chi connectivity index (χ3n) is 4.46. The third kappa shape index (κ3) is 6.64. The number of hydrogen-bond acceptors (Lipinski definition) is 2. The molecule has 2 rings (SSSR count). The fourth-order valence-corrected chi connectivity index (χ4v) is 3.73. The molecule has 3 nitrogen and oxygen atoms in total. The van der Waals surface area contributed by atoms with Crippen LogP contribution in [0, 0.1) is 17.8 Å². The number of hydrogen-bond donors (Lipinski definition) is 2. The van der Waals surface area contributed by atoms with Crippen LogP contribution in [0.3, 0.4) is 0 Å². The second-order valence-electron chi connectivity index (χ2n) is 7.12. The van der Waals surface area contributed by atoms with Crippen molar-refractivity contribution in [3.05, 3.63) is 34.3 Å². The van der Waals surface area contributed by atoms with Crippen LogP contribution in [0.5, 0.6) is 0 Å². The Morgan fingerprint density at radius 1 is 1.43 bits per heavy atom. The van der Waals surface area contributed by atoms with E-state index >= 15 is 0 Å². The van der Waals surface area contributed by atoms with Crippen LogP contribution in [0.25, 0.3) is 0 Å². The van der Waals surface area contributed by atoms with Gasteiger partial charge in [-0.2, -0.15) is 0 Å². The molecule has 0 radical (unpaired) electrons. The van der Waals surface area contributed by atoms with Gasteiger partial charge in [-0.05, 0) is 68.3 Å². The Morgan fingerprint density at radius 2 is 2.26 bits per heavy atom. The van der Waals surface area contributed by atoms with Crippen LogP contribution in [0.1, 0.15) is 38.7 Å². The van der Waals surface area contributed by atoms with E-state index in [1.54, 1.807) is 0 Å². The molecular formula is C19H29BrN2O. The van der Waals surface area contributed by atoms with E-state index in [0.29, 0.717) is 11.8 Å². The Morgan fingerprint density at radius 3 is 2.91 bits per heavy atom. The van der Waals surface area contributed by atoms with Crippen LogP contribution in [-0.4, -0.2) is 25.5 Å². The van der Waals surface area contributed by atoms with Gasteiger partial charge in [-0.15, -0.1) is 0 Å². The molecule has 1 saturated heterocycles. The molecule has 2 atom stereocenters. The minimum Gasteiger partial charge on any atom is -0.356 e. The number of carbonyl (C=O) groups excluding carboxylic acids is 1. The molecule has 0 bridgehead atoms. The number of amides is 1. The van der Waals surface area contributed by atoms with Gasteiger partial charge in [-0.1, -0.05) is 41.9 Å². The number of halogens is 1. The first-order valence-electron chi connectivity index (χ1n) is 8.77. The summed E-state index contributed by atoms with van der Waals surface area (Å²) in [7, 11) is 0. The number of carbonyl (C=O) groups is 1. The highest BCUT2D eigenvalue weighted by Gasteiger charge is 2.22. The van der Waals surface area contributed by atoms with Crippen LogP contribution in [0.4, 0.5) is 0 Å². The summed E-state index contributed by atoms with van der Waals surface area (Å²) in [4.78, 5) is 12.7. The molecule has 2 N–H and O–H groups in total. The lowest BCUT2D eigenvalue weighted by atomic mass is 9.90. The number of piperidine rings is 1. The van der Waals surface area contributed by atoms with Crippen molar-refractivity contribution in [1.29, 1.82) is 0 Å². The smallest absolute Gasteiger partial charge is 0.223 e. The molecule has 1 heterocycles. The molecule has 1 amide bonds. The van der Waals surface area contributed by atoms with Crippen LogP contribution >= 0.6 is 15.9 Å². The molecule has 1 aromatic carbocycles. The van der Waals surface area contributed by atoms with E-state index in [0.717, 1.165) is 36.9 Å². The number of rotatable bonds is 7. The van der Waals surface area contributed by atoms with Crippen molar-refractivity contribution < 1.29 is 4.79 Å². The molecule has 1 aliphatic rings. The SMILES string of the molecule is CC(C)CC(Cc1cccc(Br)c1)C(=O)NCC1CCCNC1. The largest absolute Gasteiger partial charge is 0.356 e. The zero-order chi connectivity index (χ0) is 16.7. The monoisotopic (exact) mass is 380 g/mol. The van der Waals surface area contributed by atoms with Gasteiger partial charge in [0.25, 0.3) is 0 Å². The van der Waals surface area contributed by atoms with Crippen molar-refractivity contribution in [2.75, 3.05) is 19.6 Å². The van der Waals surface area contributed by atoms with E-state index in [1.165, 1.54) is 18.4 Å². The van der Waals surface area contributed by atoms with Crippen molar-refractivity contribution >= 4 is 21.8 Å². The highest BCUT2D eigenvalue weighted by molar-refractivity contribution is 9.10. The van der Waals surface area contributed by atoms with Gasteiger partial charge in [0, 0.05) is 16.9 Å². The zero-order valence-corrected chi connectivity index (χ0v) is 15.9. The molecule has 128 valence electrons. The molecule has 2 unspecified atom stereocenters. The fraction of sp³-hybridized carbons (Fsp3) is 0.632. The highest BCUT2D eigenvalue weighted by Crippen LogP contribution is 2.20. The number of benzene rings is 1. The van der Waals surface area contributed by atoms with Gasteiger partial charge in [-0.25, -0.2) is 0 Å². The summed E-state index contributed by atoms with van der Waals surface area (Å²) < 4.78 is 1.08. The number of nitrogens with one attached hydrogen (secondary N) is 2. The molecule has 1 fully saturated rings. The van der Waals surface area contributed by atoms with Crippen molar-refractivity contribution in [1.82, 2.24) is 10.6 Å². The van der Waals surface area contributed by atoms with Gasteiger partial charge in [0.15, 0.2) is 0 Å². The summed E-state index contributed by atoms with van der Waals surface area (Å²) in [6, 6.07) is 8.29. The molecule has 0 aliphatic carbocycles. The van der Waals surface area contributed by atoms with Gasteiger partial charge >= 0.3 is 0 Å². The lowest BCUT2D eigenvalue weighted by molar-refractivity contribution is -0.125. The Labute approximate surface area is 148 Å². The Hall–Kier alpha value is -0.870. The Bertz CT molecular complexity index is 498. The molecule has 0 aromatic heterocycles. The average molecular weight is 381 g/mol. The minimum absolute atomic E-state index is 0.0563. The average Bonchev–Trinajstić information content (AvgIpc) is 2.52. The summed E-state index contributed by atoms with van der Waals surface area (Å²) in [5, 5.41) is 6.61. The lowest BCUT2D eigenvalue weighted by Gasteiger charge is -2.25. The normalized spacial score (nSPS) is 19.6. The summed E-state index contributed by atoms with van der Waals surface area (Å²) in [5.74, 6) is 1.37. The van der Waals surface area contributed by atoms with E-state index in [4.69, 9.17) is 0 Å². The van der Waals surface area contributed by atoms with Gasteiger partial charge in [-0.3, -0.25) is 4.79 Å². The van der Waals surface area contributed by atoms with Crippen molar-refractivity contribution in [3.8, 4) is 0 Å². The van der Waals surface area contributed by atoms with Crippen molar-refractivity contribution in [2.24, 2.45) is 17.8 Å². The molecule has 1 aliphatic heterocycles. The van der Waals surface area contributed by atoms with E-state index in [2.05, 4.69) is 52.5 Å². The van der Waals surface area contributed by atoms with Crippen LogP contribution < -0.4 is 10.6 Å². The first kappa shape index (κ1) is 18.5. The molecular weight excluding hydrogens is 352 g/mol. The maximum absolute atomic E-state index is 12.7. The molecule has 4 heteroatoms. The van der Waals surface area contributed by atoms with E-state index in [9.17, 15) is 4.79 Å². The van der Waals surface area contributed by atoms with E-state index < -0.39 is 0 Å². The van der Waals surface area contributed by atoms with Gasteiger partial charge < -0.3 is 10.6 Å². The highest BCUT2D eigenvalue weighted by atomic mass is 79.9. The van der Waals surface area contributed by atoms with Crippen molar-refractivity contribution in [2.45, 2.75) is 39.5 Å². The first-order valence-corrected chi connectivity index (χ1v) is 9.56. The summed E-state index contributed by atoms with van der Waals surface area (Å²) >= 11 is 3.52. The summed E-state index contributed by atoms with van der Waals surface area (Å²) in [6.45, 7) is 7.32. The molecule has 1 aromatic rings. The maximum atomic E-state index is 12.7. The molecule has 0 spiro atoms. The quantitative estimate of drug-likeness (QED) is 0.755. The fourth-order valence-electron chi connectivity index (χ4n) is 3.29. The third-order valence-corrected chi connectivity index (χ3v) is 4.96. The van der Waals surface area contributed by atoms with Crippen LogP contribution in [0.2, 0.25) is 0 Å². The molecule has 23 heavy (non-hydrogen) atoms. The minimum atomic E-state index is 0.0563. The van der Waals surface area contributed by atoms with E-state index in [1.807, 2.05) is 12.1 Å². The molecule has 0 saturated carbocycles. The Kier molecular flexibility index (Phi) is 7.57. The second-order valence-corrected chi connectivity index (χ2v) is 8.03. The predicted molar refractivity (Wildman–Crippen MR) is 99.4 cm³/mol. The van der Waals surface area contributed by atoms with Gasteiger partial charge in [0.1, 0.15) is 0 Å². The second kappa shape index (κ2) is 9.43. The predicted octanol–water partition coefficient (Wildman–Crippen LogP) is 3.77. The lowest BCUT2D eigenvalue weighted by Crippen LogP contribution is -2.40.